The van der Waals surface area contributed by atoms with Crippen molar-refractivity contribution in [2.75, 3.05) is 13.4 Å². The van der Waals surface area contributed by atoms with Crippen molar-refractivity contribution in [3.05, 3.63) is 45.4 Å². The van der Waals surface area contributed by atoms with E-state index >= 15 is 0 Å². The van der Waals surface area contributed by atoms with E-state index in [4.69, 9.17) is 4.74 Å². The number of amides is 1. The normalized spacial score (nSPS) is 12.0. The van der Waals surface area contributed by atoms with Gasteiger partial charge in [0.2, 0.25) is 0 Å². The molecule has 0 aliphatic rings. The van der Waals surface area contributed by atoms with Gasteiger partial charge in [-0.05, 0) is 30.9 Å². The first kappa shape index (κ1) is 19.4. The van der Waals surface area contributed by atoms with E-state index in [2.05, 4.69) is 10.3 Å². The number of hydrogen-bond acceptors (Lipinski definition) is 6. The lowest BCUT2D eigenvalue weighted by atomic mass is 10.0. The zero-order chi connectivity index (χ0) is 18.4. The fourth-order valence-electron chi connectivity index (χ4n) is 2.34. The Bertz CT molecular complexity index is 744. The summed E-state index contributed by atoms with van der Waals surface area (Å²) in [5, 5.41) is 12.7. The highest BCUT2D eigenvalue weighted by Crippen LogP contribution is 2.24. The van der Waals surface area contributed by atoms with Crippen molar-refractivity contribution < 1.29 is 19.4 Å². The lowest BCUT2D eigenvalue weighted by Crippen LogP contribution is -2.30. The molecule has 0 radical (unpaired) electrons. The summed E-state index contributed by atoms with van der Waals surface area (Å²) in [6.07, 6.45) is 1.78. The van der Waals surface area contributed by atoms with E-state index < -0.39 is 12.0 Å². The molecule has 25 heavy (non-hydrogen) atoms. The predicted molar refractivity (Wildman–Crippen MR) is 98.2 cm³/mol. The summed E-state index contributed by atoms with van der Waals surface area (Å²) in [5.41, 5.74) is 1.37. The zero-order valence-electron chi connectivity index (χ0n) is 14.2. The lowest BCUT2D eigenvalue weighted by Gasteiger charge is -2.17. The predicted octanol–water partition coefficient (Wildman–Crippen LogP) is 3.27. The van der Waals surface area contributed by atoms with Crippen molar-refractivity contribution in [1.82, 2.24) is 10.3 Å². The number of ether oxygens (including phenoxy) is 1. The molecule has 0 bridgehead atoms. The second-order valence-corrected chi connectivity index (χ2v) is 7.32. The maximum absolute atomic E-state index is 12.6. The van der Waals surface area contributed by atoms with Crippen molar-refractivity contribution in [3.8, 4) is 0 Å². The van der Waals surface area contributed by atoms with Gasteiger partial charge in [0.15, 0.2) is 0 Å². The Kier molecular flexibility index (Phi) is 6.98. The van der Waals surface area contributed by atoms with E-state index in [-0.39, 0.29) is 12.3 Å². The molecule has 0 aliphatic carbocycles. The molecule has 0 fully saturated rings. The van der Waals surface area contributed by atoms with Crippen molar-refractivity contribution in [3.63, 3.8) is 0 Å². The number of benzene rings is 1. The molecule has 1 heterocycles. The van der Waals surface area contributed by atoms with Crippen LogP contribution >= 0.6 is 23.1 Å². The van der Waals surface area contributed by atoms with Gasteiger partial charge in [0, 0.05) is 12.0 Å². The van der Waals surface area contributed by atoms with Crippen molar-refractivity contribution in [2.45, 2.75) is 30.9 Å². The Labute approximate surface area is 154 Å². The molecule has 0 saturated carbocycles. The Morgan fingerprint density at radius 1 is 1.36 bits per heavy atom. The first-order chi connectivity index (χ1) is 11.9. The summed E-state index contributed by atoms with van der Waals surface area (Å²) < 4.78 is 5.04. The number of thiazole rings is 1. The molecule has 2 aromatic rings. The third-order valence-corrected chi connectivity index (χ3v) is 5.39. The van der Waals surface area contributed by atoms with Crippen LogP contribution in [0, 0.1) is 6.92 Å². The Hall–Kier alpha value is -1.90. The Morgan fingerprint density at radius 2 is 2.04 bits per heavy atom. The van der Waals surface area contributed by atoms with Crippen molar-refractivity contribution in [1.29, 1.82) is 0 Å². The van der Waals surface area contributed by atoms with E-state index in [9.17, 15) is 14.7 Å². The van der Waals surface area contributed by atoms with Gasteiger partial charge in [-0.25, -0.2) is 4.98 Å². The molecule has 1 atom stereocenters. The molecule has 0 aliphatic heterocycles. The summed E-state index contributed by atoms with van der Waals surface area (Å²) in [5.74, 6) is -1.29. The molecule has 1 unspecified atom stereocenters. The Morgan fingerprint density at radius 3 is 2.60 bits per heavy atom. The molecular weight excluding hydrogens is 360 g/mol. The minimum atomic E-state index is -0.972. The van der Waals surface area contributed by atoms with Gasteiger partial charge >= 0.3 is 5.97 Å². The number of methoxy groups -OCH3 is 1. The molecule has 6 nitrogen and oxygen atoms in total. The molecule has 0 saturated heterocycles. The average molecular weight is 380 g/mol. The van der Waals surface area contributed by atoms with Gasteiger partial charge in [0.05, 0.1) is 24.8 Å². The van der Waals surface area contributed by atoms with Gasteiger partial charge in [-0.1, -0.05) is 12.1 Å². The van der Waals surface area contributed by atoms with Gasteiger partial charge in [0.1, 0.15) is 9.88 Å². The van der Waals surface area contributed by atoms with Crippen LogP contribution in [0.25, 0.3) is 0 Å². The number of rotatable bonds is 8. The minimum Gasteiger partial charge on any atom is -0.481 e. The number of carbonyl (C=O) groups excluding carboxylic acids is 1. The van der Waals surface area contributed by atoms with E-state index in [0.717, 1.165) is 10.5 Å². The fourth-order valence-corrected chi connectivity index (χ4v) is 3.68. The maximum Gasteiger partial charge on any atom is 0.305 e. The highest BCUT2D eigenvalue weighted by Gasteiger charge is 2.22. The molecule has 8 heteroatoms. The third-order valence-electron chi connectivity index (χ3n) is 3.52. The van der Waals surface area contributed by atoms with Crippen LogP contribution in [0.1, 0.15) is 38.4 Å². The fraction of sp³-hybridized carbons (Fsp3) is 0.353. The highest BCUT2D eigenvalue weighted by atomic mass is 32.2. The quantitative estimate of drug-likeness (QED) is 0.684. The van der Waals surface area contributed by atoms with Gasteiger partial charge < -0.3 is 15.2 Å². The topological polar surface area (TPSA) is 88.5 Å². The summed E-state index contributed by atoms with van der Waals surface area (Å²) in [4.78, 5) is 29.6. The summed E-state index contributed by atoms with van der Waals surface area (Å²) in [7, 11) is 1.57. The first-order valence-corrected chi connectivity index (χ1v) is 9.60. The van der Waals surface area contributed by atoms with Crippen LogP contribution in [0.3, 0.4) is 0 Å². The second-order valence-electron chi connectivity index (χ2n) is 5.35. The molecule has 1 amide bonds. The molecule has 134 valence electrons. The average Bonchev–Trinajstić information content (AvgIpc) is 2.95. The largest absolute Gasteiger partial charge is 0.481 e. The molecule has 0 spiro atoms. The van der Waals surface area contributed by atoms with Gasteiger partial charge in [-0.2, -0.15) is 0 Å². The molecule has 2 rings (SSSR count). The zero-order valence-corrected chi connectivity index (χ0v) is 15.9. The number of aryl methyl sites for hydroxylation is 1. The highest BCUT2D eigenvalue weighted by molar-refractivity contribution is 7.98. The minimum absolute atomic E-state index is 0.187. The van der Waals surface area contributed by atoms with Crippen LogP contribution in [0.15, 0.2) is 29.2 Å². The number of thioether (sulfide) groups is 1. The monoisotopic (exact) mass is 380 g/mol. The number of aromatic nitrogens is 1. The number of nitrogens with one attached hydrogen (secondary N) is 1. The SMILES string of the molecule is COCc1nc(C)c(C(=O)NC(CC(=O)O)c2ccc(SC)cc2)s1. The summed E-state index contributed by atoms with van der Waals surface area (Å²) >= 11 is 2.86. The van der Waals surface area contributed by atoms with Gasteiger partial charge in [-0.3, -0.25) is 9.59 Å². The smallest absolute Gasteiger partial charge is 0.305 e. The van der Waals surface area contributed by atoms with Crippen LogP contribution in [0.2, 0.25) is 0 Å². The molecule has 2 N–H and O–H groups in total. The van der Waals surface area contributed by atoms with Gasteiger partial charge in [0.25, 0.3) is 5.91 Å². The summed E-state index contributed by atoms with van der Waals surface area (Å²) in [6, 6.07) is 6.91. The maximum atomic E-state index is 12.6. The van der Waals surface area contributed by atoms with Gasteiger partial charge in [-0.15, -0.1) is 23.1 Å². The van der Waals surface area contributed by atoms with Crippen LogP contribution in [-0.2, 0) is 16.1 Å². The number of carboxylic acid groups (broad SMARTS) is 1. The van der Waals surface area contributed by atoms with Crippen LogP contribution in [-0.4, -0.2) is 35.3 Å². The van der Waals surface area contributed by atoms with Crippen molar-refractivity contribution >= 4 is 35.0 Å². The number of carbonyl (C=O) groups is 2. The lowest BCUT2D eigenvalue weighted by molar-refractivity contribution is -0.137. The molecule has 1 aromatic carbocycles. The second kappa shape index (κ2) is 8.98. The van der Waals surface area contributed by atoms with Crippen LogP contribution in [0.5, 0.6) is 0 Å². The Balaban J connectivity index is 2.20. The first-order valence-electron chi connectivity index (χ1n) is 7.56. The molecule has 1 aromatic heterocycles. The van der Waals surface area contributed by atoms with Crippen LogP contribution in [0.4, 0.5) is 0 Å². The number of nitrogens with zero attached hydrogens (tertiary/aromatic N) is 1. The van der Waals surface area contributed by atoms with Crippen LogP contribution < -0.4 is 5.32 Å². The van der Waals surface area contributed by atoms with E-state index in [1.54, 1.807) is 25.8 Å². The van der Waals surface area contributed by atoms with Crippen molar-refractivity contribution in [2.24, 2.45) is 0 Å². The summed E-state index contributed by atoms with van der Waals surface area (Å²) in [6.45, 7) is 2.09. The third kappa shape index (κ3) is 5.29. The van der Waals surface area contributed by atoms with E-state index in [1.807, 2.05) is 30.5 Å². The van der Waals surface area contributed by atoms with E-state index in [0.29, 0.717) is 22.2 Å². The standard InChI is InChI=1S/C17H20N2O4S2/c1-10-16(25-14(18-10)9-23-2)17(22)19-13(8-15(20)21)11-4-6-12(24-3)7-5-11/h4-7,13H,8-9H2,1-3H3,(H,19,22)(H,20,21). The molecular formula is C17H20N2O4S2. The number of hydrogen-bond donors (Lipinski definition) is 2. The van der Waals surface area contributed by atoms with E-state index in [1.165, 1.54) is 11.3 Å². The number of aliphatic carboxylic acids is 1. The number of carboxylic acids is 1.